The van der Waals surface area contributed by atoms with Crippen LogP contribution >= 0.6 is 11.6 Å². The Morgan fingerprint density at radius 1 is 0.964 bits per heavy atom. The number of hydrogen-bond donors (Lipinski definition) is 2. The lowest BCUT2D eigenvalue weighted by atomic mass is 10.2. The number of rotatable bonds is 7. The van der Waals surface area contributed by atoms with Gasteiger partial charge in [-0.15, -0.1) is 0 Å². The van der Waals surface area contributed by atoms with Crippen LogP contribution in [0.25, 0.3) is 5.69 Å². The Labute approximate surface area is 168 Å². The molecule has 0 aliphatic rings. The van der Waals surface area contributed by atoms with Gasteiger partial charge in [-0.1, -0.05) is 11.6 Å². The molecule has 28 heavy (non-hydrogen) atoms. The summed E-state index contributed by atoms with van der Waals surface area (Å²) in [5.74, 6) is -0.0768. The fourth-order valence-corrected chi connectivity index (χ4v) is 2.87. The van der Waals surface area contributed by atoms with Gasteiger partial charge in [0.15, 0.2) is 0 Å². The van der Waals surface area contributed by atoms with Crippen LogP contribution in [0.1, 0.15) is 20.7 Å². The van der Waals surface area contributed by atoms with Gasteiger partial charge >= 0.3 is 0 Å². The van der Waals surface area contributed by atoms with Crippen LogP contribution in [0.3, 0.4) is 0 Å². The summed E-state index contributed by atoms with van der Waals surface area (Å²) in [6.45, 7) is 0.578. The second-order valence-electron chi connectivity index (χ2n) is 5.99. The van der Waals surface area contributed by atoms with Gasteiger partial charge in [-0.05, 0) is 54.6 Å². The van der Waals surface area contributed by atoms with Gasteiger partial charge in [-0.3, -0.25) is 9.59 Å². The first-order valence-corrected chi connectivity index (χ1v) is 9.09. The first-order chi connectivity index (χ1) is 13.6. The maximum absolute atomic E-state index is 12.3. The summed E-state index contributed by atoms with van der Waals surface area (Å²) in [5.41, 5.74) is 1.88. The van der Waals surface area contributed by atoms with Gasteiger partial charge in [0, 0.05) is 41.8 Å². The number of carbonyl (C=O) groups excluding carboxylic acids is 2. The van der Waals surface area contributed by atoms with E-state index in [9.17, 15) is 9.59 Å². The summed E-state index contributed by atoms with van der Waals surface area (Å²) in [7, 11) is 1.49. The van der Waals surface area contributed by atoms with Crippen LogP contribution in [-0.2, 0) is 0 Å². The highest BCUT2D eigenvalue weighted by Crippen LogP contribution is 2.22. The lowest BCUT2D eigenvalue weighted by Crippen LogP contribution is -2.34. The highest BCUT2D eigenvalue weighted by atomic mass is 35.5. The van der Waals surface area contributed by atoms with E-state index in [1.807, 2.05) is 41.2 Å². The van der Waals surface area contributed by atoms with E-state index in [1.54, 1.807) is 30.3 Å². The van der Waals surface area contributed by atoms with Gasteiger partial charge in [0.05, 0.1) is 12.7 Å². The molecule has 1 heterocycles. The molecule has 0 bridgehead atoms. The summed E-state index contributed by atoms with van der Waals surface area (Å²) >= 11 is 5.94. The zero-order chi connectivity index (χ0) is 19.9. The fourth-order valence-electron chi connectivity index (χ4n) is 2.70. The van der Waals surface area contributed by atoms with E-state index >= 15 is 0 Å². The third-order valence-corrected chi connectivity index (χ3v) is 4.37. The van der Waals surface area contributed by atoms with Crippen LogP contribution in [-0.4, -0.2) is 36.6 Å². The first kappa shape index (κ1) is 19.5. The molecule has 3 rings (SSSR count). The maximum Gasteiger partial charge on any atom is 0.255 e. The van der Waals surface area contributed by atoms with E-state index in [-0.39, 0.29) is 18.4 Å². The molecule has 6 nitrogen and oxygen atoms in total. The predicted octanol–water partition coefficient (Wildman–Crippen LogP) is 3.30. The van der Waals surface area contributed by atoms with Crippen molar-refractivity contribution < 1.29 is 14.3 Å². The summed E-state index contributed by atoms with van der Waals surface area (Å²) in [4.78, 5) is 24.5. The average Bonchev–Trinajstić information content (AvgIpc) is 3.26. The van der Waals surface area contributed by atoms with Crippen molar-refractivity contribution in [3.63, 3.8) is 0 Å². The molecule has 1 aromatic heterocycles. The van der Waals surface area contributed by atoms with Gasteiger partial charge < -0.3 is 19.9 Å². The molecule has 2 aromatic carbocycles. The topological polar surface area (TPSA) is 72.4 Å². The molecule has 0 saturated heterocycles. The van der Waals surface area contributed by atoms with E-state index in [0.717, 1.165) is 5.69 Å². The number of amides is 2. The van der Waals surface area contributed by atoms with Crippen molar-refractivity contribution in [1.29, 1.82) is 0 Å². The second kappa shape index (κ2) is 9.10. The van der Waals surface area contributed by atoms with Crippen LogP contribution in [0, 0.1) is 0 Å². The highest BCUT2D eigenvalue weighted by molar-refractivity contribution is 6.31. The van der Waals surface area contributed by atoms with Gasteiger partial charge in [-0.25, -0.2) is 0 Å². The predicted molar refractivity (Wildman–Crippen MR) is 108 cm³/mol. The van der Waals surface area contributed by atoms with Crippen LogP contribution in [0.4, 0.5) is 0 Å². The fraction of sp³-hybridized carbons (Fsp3) is 0.143. The normalized spacial score (nSPS) is 10.4. The number of aromatic nitrogens is 1. The lowest BCUT2D eigenvalue weighted by molar-refractivity contribution is 0.0926. The van der Waals surface area contributed by atoms with Crippen molar-refractivity contribution in [2.24, 2.45) is 0 Å². The van der Waals surface area contributed by atoms with Crippen LogP contribution < -0.4 is 15.4 Å². The number of nitrogens with zero attached hydrogens (tertiary/aromatic N) is 1. The van der Waals surface area contributed by atoms with E-state index in [0.29, 0.717) is 28.4 Å². The van der Waals surface area contributed by atoms with E-state index < -0.39 is 0 Å². The summed E-state index contributed by atoms with van der Waals surface area (Å²) in [5, 5.41) is 5.97. The number of nitrogens with one attached hydrogen (secondary N) is 2. The Morgan fingerprint density at radius 2 is 1.61 bits per heavy atom. The van der Waals surface area contributed by atoms with Crippen LogP contribution in [0.15, 0.2) is 67.0 Å². The van der Waals surface area contributed by atoms with Crippen molar-refractivity contribution in [2.45, 2.75) is 0 Å². The SMILES string of the molecule is COc1ccc(Cl)cc1C(=O)NCCNC(=O)c1ccc(-n2cccc2)cc1. The molecule has 144 valence electrons. The van der Waals surface area contributed by atoms with Gasteiger partial charge in [0.2, 0.25) is 0 Å². The molecule has 0 spiro atoms. The van der Waals surface area contributed by atoms with Crippen LogP contribution in [0.5, 0.6) is 5.75 Å². The Balaban J connectivity index is 1.49. The Hall–Kier alpha value is -3.25. The summed E-state index contributed by atoms with van der Waals surface area (Å²) in [6, 6.07) is 16.0. The van der Waals surface area contributed by atoms with E-state index in [4.69, 9.17) is 16.3 Å². The zero-order valence-electron chi connectivity index (χ0n) is 15.3. The molecule has 0 atom stereocenters. The van der Waals surface area contributed by atoms with Crippen molar-refractivity contribution in [1.82, 2.24) is 15.2 Å². The second-order valence-corrected chi connectivity index (χ2v) is 6.43. The van der Waals surface area contributed by atoms with Gasteiger partial charge in [0.25, 0.3) is 11.8 Å². The minimum absolute atomic E-state index is 0.200. The minimum atomic E-state index is -0.315. The molecule has 2 N–H and O–H groups in total. The van der Waals surface area contributed by atoms with Crippen molar-refractivity contribution >= 4 is 23.4 Å². The third kappa shape index (κ3) is 4.72. The number of ether oxygens (including phenoxy) is 1. The largest absolute Gasteiger partial charge is 0.496 e. The molecule has 0 fully saturated rings. The van der Waals surface area contributed by atoms with Crippen molar-refractivity contribution in [3.05, 3.63) is 83.1 Å². The zero-order valence-corrected chi connectivity index (χ0v) is 16.1. The molecular formula is C21H20ClN3O3. The molecule has 0 radical (unpaired) electrons. The number of methoxy groups -OCH3 is 1. The minimum Gasteiger partial charge on any atom is -0.496 e. The molecule has 7 heteroatoms. The lowest BCUT2D eigenvalue weighted by Gasteiger charge is -2.10. The molecule has 0 aliphatic heterocycles. The number of benzene rings is 2. The van der Waals surface area contributed by atoms with Crippen molar-refractivity contribution in [3.8, 4) is 11.4 Å². The monoisotopic (exact) mass is 397 g/mol. The van der Waals surface area contributed by atoms with Crippen LogP contribution in [0.2, 0.25) is 5.02 Å². The summed E-state index contributed by atoms with van der Waals surface area (Å²) in [6.07, 6.45) is 3.87. The van der Waals surface area contributed by atoms with E-state index in [2.05, 4.69) is 10.6 Å². The number of halogens is 1. The molecule has 0 saturated carbocycles. The molecular weight excluding hydrogens is 378 g/mol. The molecule has 2 amide bonds. The van der Waals surface area contributed by atoms with Gasteiger partial charge in [-0.2, -0.15) is 0 Å². The maximum atomic E-state index is 12.3. The third-order valence-electron chi connectivity index (χ3n) is 4.13. The van der Waals surface area contributed by atoms with Crippen molar-refractivity contribution in [2.75, 3.05) is 20.2 Å². The van der Waals surface area contributed by atoms with Gasteiger partial charge in [0.1, 0.15) is 5.75 Å². The quantitative estimate of drug-likeness (QED) is 0.601. The molecule has 3 aromatic rings. The average molecular weight is 398 g/mol. The standard InChI is InChI=1S/C21H20ClN3O3/c1-28-19-9-6-16(22)14-18(19)21(27)24-11-10-23-20(26)15-4-7-17(8-5-15)25-12-2-3-13-25/h2-9,12-14H,10-11H2,1H3,(H,23,26)(H,24,27). The number of carbonyl (C=O) groups is 2. The summed E-state index contributed by atoms with van der Waals surface area (Å²) < 4.78 is 7.13. The first-order valence-electron chi connectivity index (χ1n) is 8.72. The Kier molecular flexibility index (Phi) is 6.34. The Bertz CT molecular complexity index is 954. The van der Waals surface area contributed by atoms with E-state index in [1.165, 1.54) is 7.11 Å². The smallest absolute Gasteiger partial charge is 0.255 e. The molecule has 0 unspecified atom stereocenters. The molecule has 0 aliphatic carbocycles. The Morgan fingerprint density at radius 3 is 2.25 bits per heavy atom. The number of hydrogen-bond acceptors (Lipinski definition) is 3. The highest BCUT2D eigenvalue weighted by Gasteiger charge is 2.12.